The zero-order valence-electron chi connectivity index (χ0n) is 16.6. The zero-order valence-corrected chi connectivity index (χ0v) is 18.2. The molecule has 2 aromatic rings. The van der Waals surface area contributed by atoms with Crippen molar-refractivity contribution in [3.05, 3.63) is 59.4 Å². The van der Waals surface area contributed by atoms with E-state index in [1.165, 1.54) is 0 Å². The highest BCUT2D eigenvalue weighted by Gasteiger charge is 2.45. The number of benzene rings is 1. The van der Waals surface area contributed by atoms with Crippen molar-refractivity contribution >= 4 is 35.6 Å². The van der Waals surface area contributed by atoms with Gasteiger partial charge in [0, 0.05) is 37.7 Å². The van der Waals surface area contributed by atoms with Crippen molar-refractivity contribution in [1.29, 1.82) is 0 Å². The van der Waals surface area contributed by atoms with Crippen LogP contribution in [-0.4, -0.2) is 53.7 Å². The third kappa shape index (κ3) is 4.92. The normalized spacial score (nSPS) is 21.8. The van der Waals surface area contributed by atoms with E-state index in [0.29, 0.717) is 6.54 Å². The Labute approximate surface area is 183 Å². The number of morpholine rings is 1. The van der Waals surface area contributed by atoms with Crippen LogP contribution in [0.15, 0.2) is 48.8 Å². The monoisotopic (exact) mass is 435 g/mol. The van der Waals surface area contributed by atoms with Gasteiger partial charge in [0.15, 0.2) is 0 Å². The number of nitrogens with zero attached hydrogens (tertiary/aromatic N) is 3. The summed E-state index contributed by atoms with van der Waals surface area (Å²) in [4.78, 5) is 21.1. The second-order valence-electron chi connectivity index (χ2n) is 7.76. The number of pyridine rings is 1. The quantitative estimate of drug-likeness (QED) is 0.728. The van der Waals surface area contributed by atoms with Gasteiger partial charge < -0.3 is 14.5 Å². The van der Waals surface area contributed by atoms with Gasteiger partial charge in [-0.3, -0.25) is 9.78 Å². The molecule has 1 spiro atoms. The molecule has 29 heavy (non-hydrogen) atoms. The molecule has 2 saturated heterocycles. The van der Waals surface area contributed by atoms with E-state index in [1.807, 2.05) is 48.2 Å². The van der Waals surface area contributed by atoms with Crippen LogP contribution in [0.3, 0.4) is 0 Å². The fourth-order valence-corrected chi connectivity index (χ4v) is 4.43. The van der Waals surface area contributed by atoms with Gasteiger partial charge in [-0.2, -0.15) is 0 Å². The first-order chi connectivity index (χ1) is 13.6. The van der Waals surface area contributed by atoms with Crippen molar-refractivity contribution < 1.29 is 9.53 Å². The van der Waals surface area contributed by atoms with Crippen LogP contribution in [0.2, 0.25) is 5.02 Å². The number of anilines is 1. The van der Waals surface area contributed by atoms with E-state index in [1.54, 1.807) is 12.4 Å². The first kappa shape index (κ1) is 22.0. The maximum Gasteiger partial charge on any atom is 0.255 e. The molecular weight excluding hydrogens is 409 g/mol. The summed E-state index contributed by atoms with van der Waals surface area (Å²) < 4.78 is 6.26. The molecule has 1 amide bonds. The number of halogens is 2. The Morgan fingerprint density at radius 1 is 1.21 bits per heavy atom. The third-order valence-corrected chi connectivity index (χ3v) is 6.22. The molecular formula is C22H27Cl2N3O2. The molecule has 3 heterocycles. The molecule has 2 fully saturated rings. The summed E-state index contributed by atoms with van der Waals surface area (Å²) >= 11 is 6.22. The van der Waals surface area contributed by atoms with Gasteiger partial charge in [0.2, 0.25) is 0 Å². The van der Waals surface area contributed by atoms with Crippen molar-refractivity contribution in [1.82, 2.24) is 9.88 Å². The second kappa shape index (κ2) is 9.43. The number of carbonyl (C=O) groups excluding carboxylic acids is 1. The Balaban J connectivity index is 0.00000240. The molecule has 4 rings (SSSR count). The lowest BCUT2D eigenvalue weighted by Gasteiger charge is -2.49. The van der Waals surface area contributed by atoms with Crippen molar-refractivity contribution in [2.75, 3.05) is 31.1 Å². The fourth-order valence-electron chi connectivity index (χ4n) is 4.22. The Kier molecular flexibility index (Phi) is 7.17. The lowest BCUT2D eigenvalue weighted by Crippen LogP contribution is -2.61. The maximum atomic E-state index is 12.7. The van der Waals surface area contributed by atoms with E-state index < -0.39 is 6.10 Å². The van der Waals surface area contributed by atoms with Gasteiger partial charge in [-0.15, -0.1) is 12.4 Å². The Morgan fingerprint density at radius 2 is 1.93 bits per heavy atom. The highest BCUT2D eigenvalue weighted by atomic mass is 35.5. The van der Waals surface area contributed by atoms with Crippen molar-refractivity contribution in [2.24, 2.45) is 0 Å². The Morgan fingerprint density at radius 3 is 2.62 bits per heavy atom. The molecule has 0 saturated carbocycles. The number of hydrogen-bond donors (Lipinski definition) is 0. The molecule has 1 unspecified atom stereocenters. The van der Waals surface area contributed by atoms with E-state index in [2.05, 4.69) is 9.88 Å². The van der Waals surface area contributed by atoms with Gasteiger partial charge in [0.25, 0.3) is 5.91 Å². The minimum absolute atomic E-state index is 0. The highest BCUT2D eigenvalue weighted by molar-refractivity contribution is 6.31. The van der Waals surface area contributed by atoms with Crippen LogP contribution in [0, 0.1) is 0 Å². The van der Waals surface area contributed by atoms with Crippen LogP contribution < -0.4 is 4.90 Å². The van der Waals surface area contributed by atoms with Crippen molar-refractivity contribution in [3.8, 4) is 0 Å². The molecule has 0 N–H and O–H groups in total. The molecule has 156 valence electrons. The van der Waals surface area contributed by atoms with Crippen LogP contribution in [0.1, 0.15) is 25.3 Å². The summed E-state index contributed by atoms with van der Waals surface area (Å²) in [6.07, 6.45) is 5.86. The second-order valence-corrected chi connectivity index (χ2v) is 8.17. The molecule has 0 aliphatic carbocycles. The van der Waals surface area contributed by atoms with E-state index >= 15 is 0 Å². The van der Waals surface area contributed by atoms with E-state index in [0.717, 1.165) is 55.2 Å². The Hall–Kier alpha value is -1.66. The average Bonchev–Trinajstić information content (AvgIpc) is 2.72. The van der Waals surface area contributed by atoms with Crippen LogP contribution in [-0.2, 0) is 16.0 Å². The number of para-hydroxylation sites is 1. The number of carbonyl (C=O) groups is 1. The third-order valence-electron chi connectivity index (χ3n) is 5.88. The van der Waals surface area contributed by atoms with Gasteiger partial charge in [0.05, 0.1) is 17.2 Å². The van der Waals surface area contributed by atoms with E-state index in [9.17, 15) is 4.79 Å². The van der Waals surface area contributed by atoms with Crippen molar-refractivity contribution in [2.45, 2.75) is 37.9 Å². The van der Waals surface area contributed by atoms with E-state index in [4.69, 9.17) is 16.3 Å². The lowest BCUT2D eigenvalue weighted by molar-refractivity contribution is -0.161. The number of hydrogen-bond acceptors (Lipinski definition) is 4. The van der Waals surface area contributed by atoms with Crippen LogP contribution in [0.4, 0.5) is 5.69 Å². The number of piperidine rings is 1. The van der Waals surface area contributed by atoms with Crippen LogP contribution in [0.5, 0.6) is 0 Å². The van der Waals surface area contributed by atoms with Gasteiger partial charge >= 0.3 is 0 Å². The minimum Gasteiger partial charge on any atom is -0.360 e. The number of ether oxygens (including phenoxy) is 1. The molecule has 2 aliphatic heterocycles. The number of rotatable bonds is 4. The van der Waals surface area contributed by atoms with Crippen LogP contribution >= 0.6 is 24.0 Å². The zero-order chi connectivity index (χ0) is 19.6. The molecule has 1 aromatic carbocycles. The largest absolute Gasteiger partial charge is 0.360 e. The average molecular weight is 436 g/mol. The first-order valence-corrected chi connectivity index (χ1v) is 10.3. The van der Waals surface area contributed by atoms with Gasteiger partial charge in [-0.1, -0.05) is 29.8 Å². The van der Waals surface area contributed by atoms with Gasteiger partial charge in [-0.25, -0.2) is 0 Å². The fraction of sp³-hybridized carbons (Fsp3) is 0.455. The molecule has 1 aromatic heterocycles. The topological polar surface area (TPSA) is 45.7 Å². The summed E-state index contributed by atoms with van der Waals surface area (Å²) in [6, 6.07) is 11.9. The first-order valence-electron chi connectivity index (χ1n) is 9.91. The predicted octanol–water partition coefficient (Wildman–Crippen LogP) is 3.99. The summed E-state index contributed by atoms with van der Waals surface area (Å²) in [5.41, 5.74) is 1.84. The summed E-state index contributed by atoms with van der Waals surface area (Å²) in [5, 5.41) is 0.734. The molecule has 5 nitrogen and oxygen atoms in total. The van der Waals surface area contributed by atoms with Gasteiger partial charge in [0.1, 0.15) is 6.10 Å². The van der Waals surface area contributed by atoms with Crippen LogP contribution in [0.25, 0.3) is 0 Å². The summed E-state index contributed by atoms with van der Waals surface area (Å²) in [7, 11) is 0. The number of amides is 1. The molecule has 0 bridgehead atoms. The maximum absolute atomic E-state index is 12.7. The summed E-state index contributed by atoms with van der Waals surface area (Å²) in [5.74, 6) is 0.0478. The SMILES string of the molecule is CC1OC2(CCN(CCc3ccncc3Cl)CC2)CN(c2ccccc2)C1=O.Cl. The van der Waals surface area contributed by atoms with Crippen molar-refractivity contribution in [3.63, 3.8) is 0 Å². The molecule has 1 atom stereocenters. The highest BCUT2D eigenvalue weighted by Crippen LogP contribution is 2.35. The molecule has 2 aliphatic rings. The molecule has 0 radical (unpaired) electrons. The smallest absolute Gasteiger partial charge is 0.255 e. The standard InChI is InChI=1S/C22H26ClN3O2.ClH/c1-17-21(27)26(19-5-3-2-4-6-19)16-22(28-17)9-13-25(14-10-22)12-8-18-7-11-24-15-20(18)23;/h2-7,11,15,17H,8-10,12-14,16H2,1H3;1H. The lowest BCUT2D eigenvalue weighted by atomic mass is 9.88. The predicted molar refractivity (Wildman–Crippen MR) is 118 cm³/mol. The van der Waals surface area contributed by atoms with Gasteiger partial charge in [-0.05, 0) is 49.9 Å². The minimum atomic E-state index is -0.406. The van der Waals surface area contributed by atoms with E-state index in [-0.39, 0.29) is 23.9 Å². The number of aromatic nitrogens is 1. The molecule has 7 heteroatoms. The summed E-state index contributed by atoms with van der Waals surface area (Å²) in [6.45, 7) is 5.40. The number of likely N-dealkylation sites (tertiary alicyclic amines) is 1. The Bertz CT molecular complexity index is 826.